The molecule has 2 heteroatoms. The van der Waals surface area contributed by atoms with Crippen LogP contribution in [0.1, 0.15) is 37.2 Å². The molecule has 1 aromatic rings. The third-order valence-electron chi connectivity index (χ3n) is 3.46. The Kier molecular flexibility index (Phi) is 3.81. The summed E-state index contributed by atoms with van der Waals surface area (Å²) in [6.07, 6.45) is 4.94. The molecule has 1 N–H and O–H groups in total. The first-order chi connectivity index (χ1) is 7.31. The number of halogens is 1. The first-order valence-corrected chi connectivity index (χ1v) is 6.47. The minimum Gasteiger partial charge on any atom is -0.396 e. The summed E-state index contributed by atoms with van der Waals surface area (Å²) in [6.45, 7) is 0.303. The van der Waals surface area contributed by atoms with Crippen molar-refractivity contribution in [2.45, 2.75) is 31.6 Å². The van der Waals surface area contributed by atoms with Gasteiger partial charge in [0.05, 0.1) is 0 Å². The molecule has 0 bridgehead atoms. The number of benzene rings is 1. The highest BCUT2D eigenvalue weighted by Crippen LogP contribution is 2.41. The van der Waals surface area contributed by atoms with Gasteiger partial charge in [0.25, 0.3) is 0 Å². The molecule has 1 aliphatic carbocycles. The quantitative estimate of drug-likeness (QED) is 0.883. The molecular formula is C13H17BrO. The number of aliphatic hydroxyl groups is 1. The lowest BCUT2D eigenvalue weighted by Gasteiger charge is -2.34. The normalized spacial score (nSPS) is 18.5. The molecule has 15 heavy (non-hydrogen) atoms. The number of rotatable bonds is 4. The molecular weight excluding hydrogens is 252 g/mol. The van der Waals surface area contributed by atoms with Crippen LogP contribution in [-0.2, 0) is 0 Å². The van der Waals surface area contributed by atoms with Gasteiger partial charge in [-0.15, -0.1) is 0 Å². The van der Waals surface area contributed by atoms with Crippen LogP contribution in [0.3, 0.4) is 0 Å². The molecule has 1 atom stereocenters. The zero-order valence-corrected chi connectivity index (χ0v) is 10.4. The molecule has 0 heterocycles. The molecule has 1 aliphatic rings. The maximum Gasteiger partial charge on any atom is 0.0436 e. The third-order valence-corrected chi connectivity index (χ3v) is 3.99. The summed E-state index contributed by atoms with van der Waals surface area (Å²) < 4.78 is 1.13. The first-order valence-electron chi connectivity index (χ1n) is 5.67. The molecule has 1 saturated carbocycles. The summed E-state index contributed by atoms with van der Waals surface area (Å²) in [5, 5.41) is 9.11. The predicted octanol–water partition coefficient (Wildman–Crippen LogP) is 3.72. The zero-order chi connectivity index (χ0) is 10.7. The summed E-state index contributed by atoms with van der Waals surface area (Å²) in [4.78, 5) is 0. The molecule has 1 fully saturated rings. The van der Waals surface area contributed by atoms with Gasteiger partial charge < -0.3 is 5.11 Å². The van der Waals surface area contributed by atoms with E-state index in [1.54, 1.807) is 0 Å². The molecule has 0 amide bonds. The van der Waals surface area contributed by atoms with E-state index in [-0.39, 0.29) is 0 Å². The van der Waals surface area contributed by atoms with Crippen molar-refractivity contribution in [3.63, 3.8) is 0 Å². The molecule has 0 aliphatic heterocycles. The van der Waals surface area contributed by atoms with Crippen molar-refractivity contribution in [3.8, 4) is 0 Å². The first kappa shape index (κ1) is 11.2. The highest BCUT2D eigenvalue weighted by Gasteiger charge is 2.27. The van der Waals surface area contributed by atoms with E-state index in [4.69, 9.17) is 5.11 Å². The topological polar surface area (TPSA) is 20.2 Å². The molecule has 1 aromatic carbocycles. The van der Waals surface area contributed by atoms with Gasteiger partial charge in [-0.1, -0.05) is 34.5 Å². The van der Waals surface area contributed by atoms with Crippen LogP contribution in [0.15, 0.2) is 28.7 Å². The Morgan fingerprint density at radius 1 is 1.27 bits per heavy atom. The van der Waals surface area contributed by atoms with Crippen molar-refractivity contribution in [3.05, 3.63) is 34.3 Å². The van der Waals surface area contributed by atoms with E-state index in [0.717, 1.165) is 16.8 Å². The molecule has 1 unspecified atom stereocenters. The summed E-state index contributed by atoms with van der Waals surface area (Å²) in [6, 6.07) is 8.56. The van der Waals surface area contributed by atoms with E-state index in [2.05, 4.69) is 40.2 Å². The lowest BCUT2D eigenvalue weighted by molar-refractivity contribution is 0.206. The Bertz CT molecular complexity index is 303. The van der Waals surface area contributed by atoms with Crippen LogP contribution in [0.2, 0.25) is 0 Å². The second kappa shape index (κ2) is 5.13. The Hall–Kier alpha value is -0.340. The number of aliphatic hydroxyl groups excluding tert-OH is 1. The van der Waals surface area contributed by atoms with Gasteiger partial charge >= 0.3 is 0 Å². The molecule has 0 spiro atoms. The summed E-state index contributed by atoms with van der Waals surface area (Å²) in [5.41, 5.74) is 1.39. The van der Waals surface area contributed by atoms with Crippen molar-refractivity contribution in [1.29, 1.82) is 0 Å². The maximum absolute atomic E-state index is 9.11. The third kappa shape index (κ3) is 2.61. The summed E-state index contributed by atoms with van der Waals surface area (Å²) in [5.74, 6) is 1.37. The Morgan fingerprint density at radius 2 is 1.93 bits per heavy atom. The van der Waals surface area contributed by atoms with Crippen LogP contribution >= 0.6 is 15.9 Å². The Labute approximate surface area is 99.6 Å². The average Bonchev–Trinajstić information content (AvgIpc) is 2.16. The van der Waals surface area contributed by atoms with E-state index < -0.39 is 0 Å². The fourth-order valence-electron chi connectivity index (χ4n) is 2.37. The lowest BCUT2D eigenvalue weighted by atomic mass is 9.72. The van der Waals surface area contributed by atoms with E-state index in [9.17, 15) is 0 Å². The van der Waals surface area contributed by atoms with Gasteiger partial charge in [0.1, 0.15) is 0 Å². The van der Waals surface area contributed by atoms with Crippen LogP contribution in [0.5, 0.6) is 0 Å². The smallest absolute Gasteiger partial charge is 0.0436 e. The lowest BCUT2D eigenvalue weighted by Crippen LogP contribution is -2.21. The Morgan fingerprint density at radius 3 is 2.40 bits per heavy atom. The van der Waals surface area contributed by atoms with Crippen molar-refractivity contribution >= 4 is 15.9 Å². The summed E-state index contributed by atoms with van der Waals surface area (Å²) in [7, 11) is 0. The van der Waals surface area contributed by atoms with E-state index in [1.165, 1.54) is 24.8 Å². The number of hydrogen-bond acceptors (Lipinski definition) is 1. The van der Waals surface area contributed by atoms with Crippen LogP contribution < -0.4 is 0 Å². The highest BCUT2D eigenvalue weighted by atomic mass is 79.9. The minimum atomic E-state index is 0.303. The van der Waals surface area contributed by atoms with Crippen LogP contribution in [0.25, 0.3) is 0 Å². The van der Waals surface area contributed by atoms with E-state index >= 15 is 0 Å². The fourth-order valence-corrected chi connectivity index (χ4v) is 2.63. The number of hydrogen-bond donors (Lipinski definition) is 1. The van der Waals surface area contributed by atoms with E-state index in [0.29, 0.717) is 12.5 Å². The summed E-state index contributed by atoms with van der Waals surface area (Å²) >= 11 is 3.45. The Balaban J connectivity index is 2.12. The van der Waals surface area contributed by atoms with Gasteiger partial charge in [-0.2, -0.15) is 0 Å². The van der Waals surface area contributed by atoms with Gasteiger partial charge in [0.15, 0.2) is 0 Å². The monoisotopic (exact) mass is 268 g/mol. The molecule has 0 saturated heterocycles. The van der Waals surface area contributed by atoms with Gasteiger partial charge in [0, 0.05) is 11.1 Å². The van der Waals surface area contributed by atoms with Crippen molar-refractivity contribution in [2.24, 2.45) is 5.92 Å². The van der Waals surface area contributed by atoms with Crippen LogP contribution in [-0.4, -0.2) is 11.7 Å². The SMILES string of the molecule is OCCC(c1ccc(Br)cc1)C1CCC1. The molecule has 2 rings (SSSR count). The van der Waals surface area contributed by atoms with Gasteiger partial charge in [-0.3, -0.25) is 0 Å². The van der Waals surface area contributed by atoms with Gasteiger partial charge in [-0.05, 0) is 48.8 Å². The zero-order valence-electron chi connectivity index (χ0n) is 8.82. The largest absolute Gasteiger partial charge is 0.396 e. The maximum atomic E-state index is 9.11. The second-order valence-corrected chi connectivity index (χ2v) is 5.28. The van der Waals surface area contributed by atoms with Crippen LogP contribution in [0.4, 0.5) is 0 Å². The molecule has 1 nitrogen and oxygen atoms in total. The highest BCUT2D eigenvalue weighted by molar-refractivity contribution is 9.10. The van der Waals surface area contributed by atoms with Gasteiger partial charge in [-0.25, -0.2) is 0 Å². The fraction of sp³-hybridized carbons (Fsp3) is 0.538. The van der Waals surface area contributed by atoms with Gasteiger partial charge in [0.2, 0.25) is 0 Å². The van der Waals surface area contributed by atoms with Crippen molar-refractivity contribution in [2.75, 3.05) is 6.61 Å². The second-order valence-electron chi connectivity index (χ2n) is 4.36. The molecule has 0 radical (unpaired) electrons. The molecule has 82 valence electrons. The van der Waals surface area contributed by atoms with E-state index in [1.807, 2.05) is 0 Å². The van der Waals surface area contributed by atoms with Crippen LogP contribution in [0, 0.1) is 5.92 Å². The predicted molar refractivity (Wildman–Crippen MR) is 65.9 cm³/mol. The van der Waals surface area contributed by atoms with Crippen molar-refractivity contribution in [1.82, 2.24) is 0 Å². The van der Waals surface area contributed by atoms with Crippen molar-refractivity contribution < 1.29 is 5.11 Å². The molecule has 0 aromatic heterocycles. The minimum absolute atomic E-state index is 0.303. The standard InChI is InChI=1S/C13H17BrO/c14-12-6-4-11(5-7-12)13(8-9-15)10-2-1-3-10/h4-7,10,13,15H,1-3,8-9H2. The average molecular weight is 269 g/mol.